The van der Waals surface area contributed by atoms with Gasteiger partial charge in [-0.05, 0) is 12.1 Å². The van der Waals surface area contributed by atoms with Crippen LogP contribution in [0.2, 0.25) is 0 Å². The van der Waals surface area contributed by atoms with Gasteiger partial charge in [0.1, 0.15) is 11.7 Å². The molecule has 1 nitrogen and oxygen atoms in total. The molecule has 1 aromatic rings. The van der Waals surface area contributed by atoms with Gasteiger partial charge in [-0.15, -0.1) is 0 Å². The van der Waals surface area contributed by atoms with E-state index in [1.165, 1.54) is 4.90 Å². The molecule has 0 radical (unpaired) electrons. The van der Waals surface area contributed by atoms with Crippen molar-refractivity contribution < 1.29 is 4.74 Å². The van der Waals surface area contributed by atoms with Crippen LogP contribution in [0.15, 0.2) is 29.2 Å². The molecule has 0 bridgehead atoms. The minimum atomic E-state index is 0.777. The Morgan fingerprint density at radius 1 is 1.27 bits per heavy atom. The third-order valence-electron chi connectivity index (χ3n) is 1.28. The van der Waals surface area contributed by atoms with Crippen LogP contribution in [-0.4, -0.2) is 5.94 Å². The second-order valence-corrected chi connectivity index (χ2v) is 2.82. The van der Waals surface area contributed by atoms with E-state index in [4.69, 9.17) is 4.74 Å². The molecule has 1 heterocycles. The summed E-state index contributed by atoms with van der Waals surface area (Å²) in [5.41, 5.74) is 0. The zero-order chi connectivity index (χ0) is 8.10. The monoisotopic (exact) mass is 168 g/mol. The number of hydrogen-bond donors (Lipinski definition) is 0. The third-order valence-corrected chi connectivity index (χ3v) is 2.16. The average Bonchev–Trinajstić information content (AvgIpc) is 2.55. The SMILES string of the molecule is CC.c1ccc2c(c1)OCS2. The van der Waals surface area contributed by atoms with Crippen LogP contribution in [-0.2, 0) is 0 Å². The molecule has 1 aliphatic heterocycles. The molecular formula is C9H12OS. The summed E-state index contributed by atoms with van der Waals surface area (Å²) < 4.78 is 5.26. The lowest BCUT2D eigenvalue weighted by atomic mass is 10.3. The normalized spacial score (nSPS) is 12.5. The third kappa shape index (κ3) is 1.90. The van der Waals surface area contributed by atoms with Crippen LogP contribution >= 0.6 is 11.8 Å². The van der Waals surface area contributed by atoms with E-state index < -0.39 is 0 Å². The lowest BCUT2D eigenvalue weighted by Crippen LogP contribution is -1.80. The molecule has 0 N–H and O–H groups in total. The zero-order valence-corrected chi connectivity index (χ0v) is 7.65. The Morgan fingerprint density at radius 3 is 2.73 bits per heavy atom. The zero-order valence-electron chi connectivity index (χ0n) is 6.83. The van der Waals surface area contributed by atoms with Gasteiger partial charge in [0.25, 0.3) is 0 Å². The standard InChI is InChI=1S/C7H6OS.C2H6/c1-2-4-7-6(3-1)8-5-9-7;1-2/h1-4H,5H2;1-2H3. The van der Waals surface area contributed by atoms with Crippen LogP contribution in [0.1, 0.15) is 13.8 Å². The maximum atomic E-state index is 5.26. The van der Waals surface area contributed by atoms with E-state index in [1.807, 2.05) is 32.0 Å². The first-order valence-electron chi connectivity index (χ1n) is 3.81. The van der Waals surface area contributed by atoms with Crippen molar-refractivity contribution >= 4 is 11.8 Å². The predicted molar refractivity (Wildman–Crippen MR) is 49.1 cm³/mol. The Balaban J connectivity index is 0.000000281. The summed E-state index contributed by atoms with van der Waals surface area (Å²) in [6.45, 7) is 4.00. The highest BCUT2D eigenvalue weighted by atomic mass is 32.2. The van der Waals surface area contributed by atoms with Gasteiger partial charge in [-0.2, -0.15) is 0 Å². The fraction of sp³-hybridized carbons (Fsp3) is 0.333. The molecule has 2 rings (SSSR count). The summed E-state index contributed by atoms with van der Waals surface area (Å²) in [7, 11) is 0. The molecule has 0 saturated heterocycles. The van der Waals surface area contributed by atoms with Gasteiger partial charge in [0, 0.05) is 0 Å². The molecule has 0 unspecified atom stereocenters. The first-order valence-corrected chi connectivity index (χ1v) is 4.80. The minimum absolute atomic E-state index is 0.777. The lowest BCUT2D eigenvalue weighted by molar-refractivity contribution is 0.397. The Bertz CT molecular complexity index is 200. The highest BCUT2D eigenvalue weighted by molar-refractivity contribution is 7.99. The number of benzene rings is 1. The van der Waals surface area contributed by atoms with Crippen LogP contribution in [0, 0.1) is 0 Å². The van der Waals surface area contributed by atoms with Gasteiger partial charge in [0.2, 0.25) is 0 Å². The lowest BCUT2D eigenvalue weighted by Gasteiger charge is -1.92. The van der Waals surface area contributed by atoms with E-state index in [1.54, 1.807) is 11.8 Å². The molecule has 0 saturated carbocycles. The van der Waals surface area contributed by atoms with Crippen molar-refractivity contribution in [3.8, 4) is 5.75 Å². The van der Waals surface area contributed by atoms with Gasteiger partial charge in [-0.3, -0.25) is 0 Å². The summed E-state index contributed by atoms with van der Waals surface area (Å²) in [6.07, 6.45) is 0. The molecule has 2 heteroatoms. The first-order chi connectivity index (χ1) is 5.47. The number of rotatable bonds is 0. The summed E-state index contributed by atoms with van der Waals surface area (Å²) in [4.78, 5) is 1.26. The van der Waals surface area contributed by atoms with Crippen molar-refractivity contribution in [1.82, 2.24) is 0 Å². The van der Waals surface area contributed by atoms with Crippen molar-refractivity contribution in [2.45, 2.75) is 18.7 Å². The second kappa shape index (κ2) is 4.29. The second-order valence-electron chi connectivity index (χ2n) is 1.85. The molecule has 1 aromatic carbocycles. The van der Waals surface area contributed by atoms with E-state index in [0.717, 1.165) is 11.7 Å². The molecular weight excluding hydrogens is 156 g/mol. The van der Waals surface area contributed by atoms with Crippen LogP contribution < -0.4 is 4.74 Å². The highest BCUT2D eigenvalue weighted by Gasteiger charge is 2.09. The smallest absolute Gasteiger partial charge is 0.138 e. The maximum absolute atomic E-state index is 5.26. The first kappa shape index (κ1) is 8.47. The summed E-state index contributed by atoms with van der Waals surface area (Å²) in [5.74, 6) is 1.81. The van der Waals surface area contributed by atoms with Crippen LogP contribution in [0.4, 0.5) is 0 Å². The molecule has 1 aliphatic rings. The highest BCUT2D eigenvalue weighted by Crippen LogP contribution is 2.34. The predicted octanol–water partition coefficient (Wildman–Crippen LogP) is 3.15. The fourth-order valence-electron chi connectivity index (χ4n) is 0.845. The molecule has 0 fully saturated rings. The summed E-state index contributed by atoms with van der Waals surface area (Å²) in [5, 5.41) is 0. The molecule has 0 amide bonds. The minimum Gasteiger partial charge on any atom is -0.481 e. The van der Waals surface area contributed by atoms with Gasteiger partial charge in [0.05, 0.1) is 4.90 Å². The Hall–Kier alpha value is -0.630. The van der Waals surface area contributed by atoms with E-state index in [0.29, 0.717) is 0 Å². The van der Waals surface area contributed by atoms with Crippen LogP contribution in [0.25, 0.3) is 0 Å². The van der Waals surface area contributed by atoms with Crippen LogP contribution in [0.5, 0.6) is 5.75 Å². The number of thioether (sulfide) groups is 1. The largest absolute Gasteiger partial charge is 0.481 e. The van der Waals surface area contributed by atoms with Gasteiger partial charge in [-0.1, -0.05) is 37.7 Å². The Labute approximate surface area is 71.8 Å². The van der Waals surface area contributed by atoms with Gasteiger partial charge in [-0.25, -0.2) is 0 Å². The van der Waals surface area contributed by atoms with Crippen molar-refractivity contribution in [3.63, 3.8) is 0 Å². The number of fused-ring (bicyclic) bond motifs is 1. The molecule has 0 spiro atoms. The topological polar surface area (TPSA) is 9.23 Å². The van der Waals surface area contributed by atoms with Gasteiger partial charge < -0.3 is 4.74 Å². The van der Waals surface area contributed by atoms with E-state index in [-0.39, 0.29) is 0 Å². The number of hydrogen-bond acceptors (Lipinski definition) is 2. The molecule has 0 atom stereocenters. The maximum Gasteiger partial charge on any atom is 0.138 e. The molecule has 0 aromatic heterocycles. The van der Waals surface area contributed by atoms with Crippen molar-refractivity contribution in [1.29, 1.82) is 0 Å². The summed E-state index contributed by atoms with van der Waals surface area (Å²) in [6, 6.07) is 8.09. The van der Waals surface area contributed by atoms with Gasteiger partial charge in [0.15, 0.2) is 0 Å². The fourth-order valence-corrected chi connectivity index (χ4v) is 1.60. The van der Waals surface area contributed by atoms with Crippen LogP contribution in [0.3, 0.4) is 0 Å². The van der Waals surface area contributed by atoms with Crippen molar-refractivity contribution in [2.24, 2.45) is 0 Å². The molecule has 11 heavy (non-hydrogen) atoms. The van der Waals surface area contributed by atoms with Crippen molar-refractivity contribution in [3.05, 3.63) is 24.3 Å². The Morgan fingerprint density at radius 2 is 2.00 bits per heavy atom. The molecule has 60 valence electrons. The number of para-hydroxylation sites is 1. The summed E-state index contributed by atoms with van der Waals surface area (Å²) >= 11 is 1.75. The molecule has 0 aliphatic carbocycles. The quantitative estimate of drug-likeness (QED) is 0.588. The van der Waals surface area contributed by atoms with Crippen molar-refractivity contribution in [2.75, 3.05) is 5.94 Å². The van der Waals surface area contributed by atoms with Gasteiger partial charge >= 0.3 is 0 Å². The number of ether oxygens (including phenoxy) is 1. The van der Waals surface area contributed by atoms with E-state index in [2.05, 4.69) is 6.07 Å². The Kier molecular flexibility index (Phi) is 3.30. The average molecular weight is 168 g/mol. The van der Waals surface area contributed by atoms with E-state index in [9.17, 15) is 0 Å². The van der Waals surface area contributed by atoms with E-state index >= 15 is 0 Å².